The number of aromatic nitrogens is 3. The van der Waals surface area contributed by atoms with Crippen LogP contribution in [0.25, 0.3) is 111 Å². The molecule has 0 saturated carbocycles. The van der Waals surface area contributed by atoms with Gasteiger partial charge in [0.2, 0.25) is 0 Å². The van der Waals surface area contributed by atoms with Crippen LogP contribution in [-0.2, 0) is 0 Å². The molecule has 11 aromatic rings. The molecule has 0 saturated heterocycles. The van der Waals surface area contributed by atoms with E-state index in [1.165, 1.54) is 22.1 Å². The van der Waals surface area contributed by atoms with E-state index in [0.29, 0.717) is 17.5 Å². The van der Waals surface area contributed by atoms with E-state index < -0.39 is 0 Å². The van der Waals surface area contributed by atoms with Crippen LogP contribution in [0.4, 0.5) is 0 Å². The van der Waals surface area contributed by atoms with Gasteiger partial charge in [-0.15, -0.1) is 0 Å². The van der Waals surface area contributed by atoms with Gasteiger partial charge in [0.15, 0.2) is 17.5 Å². The van der Waals surface area contributed by atoms with Crippen molar-refractivity contribution in [3.63, 3.8) is 0 Å². The molecule has 0 aliphatic carbocycles. The highest BCUT2D eigenvalue weighted by Crippen LogP contribution is 2.41. The summed E-state index contributed by atoms with van der Waals surface area (Å²) >= 11 is 0. The first-order chi connectivity index (χ1) is 29.2. The number of nitrogens with zero attached hydrogens (tertiary/aromatic N) is 3. The minimum absolute atomic E-state index is 0.583. The Kier molecular flexibility index (Phi) is 8.45. The first kappa shape index (κ1) is 34.3. The predicted molar refractivity (Wildman–Crippen MR) is 243 cm³/mol. The molecule has 4 heteroatoms. The van der Waals surface area contributed by atoms with Gasteiger partial charge < -0.3 is 4.42 Å². The van der Waals surface area contributed by atoms with Crippen LogP contribution in [0.15, 0.2) is 217 Å². The van der Waals surface area contributed by atoms with Gasteiger partial charge in [0, 0.05) is 33.0 Å². The van der Waals surface area contributed by atoms with E-state index in [1.54, 1.807) is 0 Å². The summed E-state index contributed by atoms with van der Waals surface area (Å²) in [5, 5.41) is 4.27. The normalized spacial score (nSPS) is 11.4. The third-order valence-corrected chi connectivity index (χ3v) is 11.2. The Bertz CT molecular complexity index is 3300. The molecule has 0 atom stereocenters. The van der Waals surface area contributed by atoms with E-state index in [0.717, 1.165) is 71.8 Å². The average Bonchev–Trinajstić information content (AvgIpc) is 3.71. The van der Waals surface area contributed by atoms with Crippen molar-refractivity contribution in [3.05, 3.63) is 212 Å². The summed E-state index contributed by atoms with van der Waals surface area (Å²) < 4.78 is 6.76. The minimum atomic E-state index is 0.583. The molecule has 11 rings (SSSR count). The molecule has 0 radical (unpaired) electrons. The van der Waals surface area contributed by atoms with Crippen LogP contribution >= 0.6 is 0 Å². The zero-order chi connectivity index (χ0) is 39.1. The zero-order valence-corrected chi connectivity index (χ0v) is 32.0. The SMILES string of the molecule is c1ccc(-c2ccc(-c3nc(-c4ccc5c(-c6ccccc6)cccc5c4)nc(-c4cccc5oc6c(-c7cccc(-c8ccccc8)c7)cccc6c45)n3)cc2)cc1. The molecule has 2 heterocycles. The van der Waals surface area contributed by atoms with E-state index in [4.69, 9.17) is 19.4 Å². The summed E-state index contributed by atoms with van der Waals surface area (Å²) in [5.41, 5.74) is 13.4. The first-order valence-electron chi connectivity index (χ1n) is 19.8. The molecule has 9 aromatic carbocycles. The average molecular weight is 754 g/mol. The van der Waals surface area contributed by atoms with Crippen molar-refractivity contribution in [3.8, 4) is 78.7 Å². The predicted octanol–water partition coefficient (Wildman–Crippen LogP) is 14.6. The lowest BCUT2D eigenvalue weighted by atomic mass is 9.96. The van der Waals surface area contributed by atoms with Gasteiger partial charge in [-0.3, -0.25) is 0 Å². The zero-order valence-electron chi connectivity index (χ0n) is 32.0. The van der Waals surface area contributed by atoms with Crippen LogP contribution in [0.5, 0.6) is 0 Å². The molecule has 0 unspecified atom stereocenters. The molecular formula is C55H35N3O. The van der Waals surface area contributed by atoms with E-state index in [-0.39, 0.29) is 0 Å². The molecule has 0 bridgehead atoms. The standard InChI is InChI=1S/C55H35N3O/c1-4-14-36(15-5-1)38-28-30-40(31-29-38)53-56-54(44-32-33-46-42(35-44)22-11-23-45(46)39-18-8-3-9-19-39)58-55(57-53)49-26-13-27-50-51(49)48-25-12-24-47(52(48)59-50)43-21-10-20-41(34-43)37-16-6-2-7-17-37/h1-35H. The van der Waals surface area contributed by atoms with Crippen LogP contribution in [0, 0.1) is 0 Å². The van der Waals surface area contributed by atoms with Crippen molar-refractivity contribution in [2.75, 3.05) is 0 Å². The molecule has 59 heavy (non-hydrogen) atoms. The molecule has 0 spiro atoms. The number of furan rings is 1. The van der Waals surface area contributed by atoms with E-state index in [9.17, 15) is 0 Å². The maximum Gasteiger partial charge on any atom is 0.164 e. The fourth-order valence-corrected chi connectivity index (χ4v) is 8.25. The Labute approximate surface area is 341 Å². The lowest BCUT2D eigenvalue weighted by molar-refractivity contribution is 0.670. The number of benzene rings is 9. The van der Waals surface area contributed by atoms with Crippen molar-refractivity contribution < 1.29 is 4.42 Å². The summed E-state index contributed by atoms with van der Waals surface area (Å²) in [6.07, 6.45) is 0. The van der Waals surface area contributed by atoms with Crippen LogP contribution in [0.1, 0.15) is 0 Å². The lowest BCUT2D eigenvalue weighted by Crippen LogP contribution is -2.00. The second-order valence-electron chi connectivity index (χ2n) is 14.8. The van der Waals surface area contributed by atoms with Gasteiger partial charge in [0.1, 0.15) is 11.2 Å². The summed E-state index contributed by atoms with van der Waals surface area (Å²) in [6.45, 7) is 0. The number of hydrogen-bond donors (Lipinski definition) is 0. The molecule has 4 nitrogen and oxygen atoms in total. The Morgan fingerprint density at radius 1 is 0.288 bits per heavy atom. The Hall–Kier alpha value is -7.95. The molecule has 2 aromatic heterocycles. The smallest absolute Gasteiger partial charge is 0.164 e. The van der Waals surface area contributed by atoms with Gasteiger partial charge in [-0.2, -0.15) is 0 Å². The molecule has 0 fully saturated rings. The number of hydrogen-bond acceptors (Lipinski definition) is 4. The largest absolute Gasteiger partial charge is 0.455 e. The highest BCUT2D eigenvalue weighted by atomic mass is 16.3. The molecular weight excluding hydrogens is 719 g/mol. The van der Waals surface area contributed by atoms with Crippen LogP contribution < -0.4 is 0 Å². The van der Waals surface area contributed by atoms with E-state index in [2.05, 4.69) is 188 Å². The van der Waals surface area contributed by atoms with Gasteiger partial charge in [0.05, 0.1) is 0 Å². The van der Waals surface area contributed by atoms with Gasteiger partial charge in [-0.25, -0.2) is 15.0 Å². The van der Waals surface area contributed by atoms with Crippen LogP contribution in [0.2, 0.25) is 0 Å². The lowest BCUT2D eigenvalue weighted by Gasteiger charge is -2.11. The van der Waals surface area contributed by atoms with E-state index >= 15 is 0 Å². The molecule has 276 valence electrons. The second kappa shape index (κ2) is 14.5. The molecule has 0 aliphatic rings. The summed E-state index contributed by atoms with van der Waals surface area (Å²) in [7, 11) is 0. The van der Waals surface area contributed by atoms with Crippen molar-refractivity contribution in [1.29, 1.82) is 0 Å². The molecule has 0 N–H and O–H groups in total. The Balaban J connectivity index is 1.08. The minimum Gasteiger partial charge on any atom is -0.455 e. The second-order valence-corrected chi connectivity index (χ2v) is 14.8. The maximum atomic E-state index is 6.76. The summed E-state index contributed by atoms with van der Waals surface area (Å²) in [4.78, 5) is 15.6. The number of fused-ring (bicyclic) bond motifs is 4. The van der Waals surface area contributed by atoms with Gasteiger partial charge in [0.25, 0.3) is 0 Å². The van der Waals surface area contributed by atoms with Crippen molar-refractivity contribution in [2.45, 2.75) is 0 Å². The highest BCUT2D eigenvalue weighted by molar-refractivity contribution is 6.15. The summed E-state index contributed by atoms with van der Waals surface area (Å²) in [5.74, 6) is 1.79. The van der Waals surface area contributed by atoms with Crippen LogP contribution in [-0.4, -0.2) is 15.0 Å². The van der Waals surface area contributed by atoms with Crippen LogP contribution in [0.3, 0.4) is 0 Å². The Morgan fingerprint density at radius 2 is 0.814 bits per heavy atom. The molecule has 0 amide bonds. The van der Waals surface area contributed by atoms with Gasteiger partial charge in [-0.05, 0) is 67.9 Å². The number of rotatable bonds is 7. The fourth-order valence-electron chi connectivity index (χ4n) is 8.25. The number of para-hydroxylation sites is 1. The first-order valence-corrected chi connectivity index (χ1v) is 19.8. The van der Waals surface area contributed by atoms with Crippen molar-refractivity contribution >= 4 is 32.7 Å². The van der Waals surface area contributed by atoms with Gasteiger partial charge in [-0.1, -0.05) is 194 Å². The van der Waals surface area contributed by atoms with E-state index in [1.807, 2.05) is 24.3 Å². The van der Waals surface area contributed by atoms with Crippen molar-refractivity contribution in [2.24, 2.45) is 0 Å². The topological polar surface area (TPSA) is 51.8 Å². The maximum absolute atomic E-state index is 6.76. The highest BCUT2D eigenvalue weighted by Gasteiger charge is 2.20. The quantitative estimate of drug-likeness (QED) is 0.163. The third-order valence-electron chi connectivity index (χ3n) is 11.2. The Morgan fingerprint density at radius 3 is 1.58 bits per heavy atom. The monoisotopic (exact) mass is 753 g/mol. The van der Waals surface area contributed by atoms with Crippen molar-refractivity contribution in [1.82, 2.24) is 15.0 Å². The summed E-state index contributed by atoms with van der Waals surface area (Å²) in [6, 6.07) is 74.0. The third kappa shape index (κ3) is 6.34. The molecule has 0 aliphatic heterocycles. The van der Waals surface area contributed by atoms with Gasteiger partial charge >= 0.3 is 0 Å². The fraction of sp³-hybridized carbons (Fsp3) is 0.